The first-order chi connectivity index (χ1) is 7.27. The Labute approximate surface area is 93.2 Å². The zero-order valence-corrected chi connectivity index (χ0v) is 9.58. The van der Waals surface area contributed by atoms with Crippen LogP contribution < -0.4 is 5.32 Å². The second kappa shape index (κ2) is 4.40. The van der Waals surface area contributed by atoms with Crippen LogP contribution in [-0.2, 0) is 0 Å². The molecule has 1 atom stereocenters. The Hall–Kier alpha value is -1.42. The van der Waals surface area contributed by atoms with E-state index in [0.29, 0.717) is 0 Å². The highest BCUT2D eigenvalue weighted by Crippen LogP contribution is 2.23. The SMILES string of the molecule is Cc1cscc1NC(C)c1cnccn1. The van der Waals surface area contributed by atoms with E-state index in [4.69, 9.17) is 0 Å². The third-order valence-corrected chi connectivity index (χ3v) is 3.12. The quantitative estimate of drug-likeness (QED) is 0.862. The second-order valence-corrected chi connectivity index (χ2v) is 4.21. The van der Waals surface area contributed by atoms with Crippen molar-refractivity contribution >= 4 is 17.0 Å². The molecule has 0 aromatic carbocycles. The molecule has 1 N–H and O–H groups in total. The van der Waals surface area contributed by atoms with Gasteiger partial charge in [-0.2, -0.15) is 0 Å². The van der Waals surface area contributed by atoms with Crippen LogP contribution in [0.2, 0.25) is 0 Å². The molecule has 0 amide bonds. The van der Waals surface area contributed by atoms with Crippen LogP contribution >= 0.6 is 11.3 Å². The van der Waals surface area contributed by atoms with Gasteiger partial charge in [-0.1, -0.05) is 0 Å². The van der Waals surface area contributed by atoms with Crippen LogP contribution in [0.4, 0.5) is 5.69 Å². The van der Waals surface area contributed by atoms with Gasteiger partial charge in [-0.15, -0.1) is 11.3 Å². The van der Waals surface area contributed by atoms with Crippen molar-refractivity contribution in [2.75, 3.05) is 5.32 Å². The number of aryl methyl sites for hydroxylation is 1. The third-order valence-electron chi connectivity index (χ3n) is 2.25. The minimum Gasteiger partial charge on any atom is -0.376 e. The van der Waals surface area contributed by atoms with Gasteiger partial charge in [0.05, 0.1) is 17.9 Å². The lowest BCUT2D eigenvalue weighted by atomic mass is 10.2. The van der Waals surface area contributed by atoms with E-state index in [1.807, 2.05) is 0 Å². The molecule has 2 heterocycles. The molecule has 0 aliphatic rings. The van der Waals surface area contributed by atoms with Crippen molar-refractivity contribution in [3.63, 3.8) is 0 Å². The normalized spacial score (nSPS) is 12.4. The van der Waals surface area contributed by atoms with Crippen LogP contribution in [0.3, 0.4) is 0 Å². The third kappa shape index (κ3) is 2.33. The molecule has 78 valence electrons. The van der Waals surface area contributed by atoms with Gasteiger partial charge < -0.3 is 5.32 Å². The van der Waals surface area contributed by atoms with Crippen LogP contribution in [0.15, 0.2) is 29.4 Å². The summed E-state index contributed by atoms with van der Waals surface area (Å²) in [4.78, 5) is 8.32. The largest absolute Gasteiger partial charge is 0.376 e. The molecule has 0 radical (unpaired) electrons. The van der Waals surface area contributed by atoms with E-state index in [-0.39, 0.29) is 6.04 Å². The van der Waals surface area contributed by atoms with Gasteiger partial charge in [0.15, 0.2) is 0 Å². The lowest BCUT2D eigenvalue weighted by Gasteiger charge is -2.13. The Balaban J connectivity index is 2.11. The summed E-state index contributed by atoms with van der Waals surface area (Å²) < 4.78 is 0. The minimum atomic E-state index is 0.187. The molecule has 4 heteroatoms. The highest BCUT2D eigenvalue weighted by Gasteiger charge is 2.08. The summed E-state index contributed by atoms with van der Waals surface area (Å²) in [6.45, 7) is 4.18. The lowest BCUT2D eigenvalue weighted by Crippen LogP contribution is -2.08. The van der Waals surface area contributed by atoms with Gasteiger partial charge in [0.1, 0.15) is 0 Å². The fourth-order valence-electron chi connectivity index (χ4n) is 1.35. The summed E-state index contributed by atoms with van der Waals surface area (Å²) in [6.07, 6.45) is 5.19. The Kier molecular flexibility index (Phi) is 2.97. The number of anilines is 1. The highest BCUT2D eigenvalue weighted by atomic mass is 32.1. The van der Waals surface area contributed by atoms with Crippen molar-refractivity contribution in [3.05, 3.63) is 40.6 Å². The number of hydrogen-bond acceptors (Lipinski definition) is 4. The topological polar surface area (TPSA) is 37.8 Å². The van der Waals surface area contributed by atoms with Gasteiger partial charge >= 0.3 is 0 Å². The number of aromatic nitrogens is 2. The van der Waals surface area contributed by atoms with Gasteiger partial charge in [0.2, 0.25) is 0 Å². The number of nitrogens with zero attached hydrogens (tertiary/aromatic N) is 2. The van der Waals surface area contributed by atoms with Gasteiger partial charge in [0, 0.05) is 23.5 Å². The number of rotatable bonds is 3. The standard InChI is InChI=1S/C11H13N3S/c1-8-6-15-7-11(8)14-9(2)10-5-12-3-4-13-10/h3-7,9,14H,1-2H3. The van der Waals surface area contributed by atoms with Gasteiger partial charge in [-0.3, -0.25) is 9.97 Å². The zero-order chi connectivity index (χ0) is 10.7. The first kappa shape index (κ1) is 10.1. The van der Waals surface area contributed by atoms with E-state index in [1.54, 1.807) is 29.9 Å². The number of thiophene rings is 1. The number of hydrogen-bond donors (Lipinski definition) is 1. The molecule has 3 nitrogen and oxygen atoms in total. The molecule has 2 aromatic heterocycles. The predicted octanol–water partition coefficient (Wildman–Crippen LogP) is 3.02. The van der Waals surface area contributed by atoms with Gasteiger partial charge in [-0.25, -0.2) is 0 Å². The Morgan fingerprint density at radius 1 is 1.33 bits per heavy atom. The van der Waals surface area contributed by atoms with E-state index in [9.17, 15) is 0 Å². The Morgan fingerprint density at radius 3 is 2.80 bits per heavy atom. The average Bonchev–Trinajstić information content (AvgIpc) is 2.66. The fourth-order valence-corrected chi connectivity index (χ4v) is 2.14. The summed E-state index contributed by atoms with van der Waals surface area (Å²) in [5, 5.41) is 7.66. The van der Waals surface area contributed by atoms with Crippen LogP contribution in [-0.4, -0.2) is 9.97 Å². The van der Waals surface area contributed by atoms with E-state index < -0.39 is 0 Å². The molecule has 1 unspecified atom stereocenters. The van der Waals surface area contributed by atoms with E-state index in [2.05, 4.69) is 39.9 Å². The summed E-state index contributed by atoms with van der Waals surface area (Å²) in [6, 6.07) is 0.187. The Bertz CT molecular complexity index is 424. The molecule has 0 bridgehead atoms. The van der Waals surface area contributed by atoms with Crippen LogP contribution in [0.5, 0.6) is 0 Å². The van der Waals surface area contributed by atoms with E-state index in [1.165, 1.54) is 11.3 Å². The van der Waals surface area contributed by atoms with Crippen molar-refractivity contribution < 1.29 is 0 Å². The summed E-state index contributed by atoms with van der Waals surface area (Å²) >= 11 is 1.70. The first-order valence-electron chi connectivity index (χ1n) is 4.82. The van der Waals surface area contributed by atoms with Crippen molar-refractivity contribution in [1.29, 1.82) is 0 Å². The molecule has 0 spiro atoms. The van der Waals surface area contributed by atoms with E-state index in [0.717, 1.165) is 5.69 Å². The smallest absolute Gasteiger partial charge is 0.0806 e. The maximum absolute atomic E-state index is 4.27. The van der Waals surface area contributed by atoms with Crippen LogP contribution in [0.1, 0.15) is 24.2 Å². The molecule has 0 aliphatic carbocycles. The average molecular weight is 219 g/mol. The van der Waals surface area contributed by atoms with Crippen molar-refractivity contribution in [2.45, 2.75) is 19.9 Å². The van der Waals surface area contributed by atoms with Crippen molar-refractivity contribution in [3.8, 4) is 0 Å². The second-order valence-electron chi connectivity index (χ2n) is 3.46. The maximum atomic E-state index is 4.27. The van der Waals surface area contributed by atoms with E-state index >= 15 is 0 Å². The van der Waals surface area contributed by atoms with Gasteiger partial charge in [-0.05, 0) is 24.8 Å². The molecule has 0 saturated carbocycles. The monoisotopic (exact) mass is 219 g/mol. The van der Waals surface area contributed by atoms with Crippen LogP contribution in [0.25, 0.3) is 0 Å². The molecular weight excluding hydrogens is 206 g/mol. The van der Waals surface area contributed by atoms with Crippen molar-refractivity contribution in [2.24, 2.45) is 0 Å². The highest BCUT2D eigenvalue weighted by molar-refractivity contribution is 7.08. The first-order valence-corrected chi connectivity index (χ1v) is 5.77. The van der Waals surface area contributed by atoms with Gasteiger partial charge in [0.25, 0.3) is 0 Å². The molecule has 0 saturated heterocycles. The summed E-state index contributed by atoms with van der Waals surface area (Å²) in [5.41, 5.74) is 3.41. The van der Waals surface area contributed by atoms with Crippen molar-refractivity contribution in [1.82, 2.24) is 9.97 Å². The minimum absolute atomic E-state index is 0.187. The van der Waals surface area contributed by atoms with Crippen LogP contribution in [0, 0.1) is 6.92 Å². The molecule has 2 rings (SSSR count). The molecule has 0 fully saturated rings. The fraction of sp³-hybridized carbons (Fsp3) is 0.273. The maximum Gasteiger partial charge on any atom is 0.0806 e. The predicted molar refractivity (Wildman–Crippen MR) is 63.1 cm³/mol. The Morgan fingerprint density at radius 2 is 2.20 bits per heavy atom. The summed E-state index contributed by atoms with van der Waals surface area (Å²) in [5.74, 6) is 0. The zero-order valence-electron chi connectivity index (χ0n) is 8.77. The summed E-state index contributed by atoms with van der Waals surface area (Å²) in [7, 11) is 0. The molecule has 2 aromatic rings. The molecular formula is C11H13N3S. The lowest BCUT2D eigenvalue weighted by molar-refractivity contribution is 0.827. The number of nitrogens with one attached hydrogen (secondary N) is 1. The molecule has 0 aliphatic heterocycles. The molecule has 15 heavy (non-hydrogen) atoms.